The molecule has 0 unspecified atom stereocenters. The normalized spacial score (nSPS) is 13.3. The number of allylic oxidation sites excluding steroid dienone is 3. The van der Waals surface area contributed by atoms with E-state index in [1.807, 2.05) is 24.4 Å². The molecule has 1 amide bonds. The Hall–Kier alpha value is -3.65. The molecule has 0 saturated carbocycles. The van der Waals surface area contributed by atoms with Gasteiger partial charge in [-0.25, -0.2) is 4.98 Å². The van der Waals surface area contributed by atoms with Crippen LogP contribution in [0.1, 0.15) is 87.8 Å². The predicted molar refractivity (Wildman–Crippen MR) is 169 cm³/mol. The van der Waals surface area contributed by atoms with E-state index in [4.69, 9.17) is 9.72 Å². The van der Waals surface area contributed by atoms with Crippen LogP contribution in [0.15, 0.2) is 70.6 Å². The van der Waals surface area contributed by atoms with Crippen LogP contribution in [0, 0.1) is 0 Å². The lowest BCUT2D eigenvalue weighted by Gasteiger charge is -2.16. The fourth-order valence-corrected chi connectivity index (χ4v) is 5.97. The average Bonchev–Trinajstić information content (AvgIpc) is 3.49. The summed E-state index contributed by atoms with van der Waals surface area (Å²) in [5.74, 6) is 1.52. The fourth-order valence-electron chi connectivity index (χ4n) is 4.79. The van der Waals surface area contributed by atoms with Crippen molar-refractivity contribution < 1.29 is 9.53 Å². The molecule has 2 N–H and O–H groups in total. The van der Waals surface area contributed by atoms with Crippen LogP contribution in [0.4, 0.5) is 5.82 Å². The zero-order chi connectivity index (χ0) is 29.0. The van der Waals surface area contributed by atoms with Gasteiger partial charge in [0.1, 0.15) is 11.6 Å². The Bertz CT molecular complexity index is 1390. The van der Waals surface area contributed by atoms with Crippen molar-refractivity contribution in [1.82, 2.24) is 20.3 Å². The Morgan fingerprint density at radius 1 is 1.07 bits per heavy atom. The van der Waals surface area contributed by atoms with E-state index in [0.717, 1.165) is 83.9 Å². The Balaban J connectivity index is 1.45. The average molecular weight is 572 g/mol. The quantitative estimate of drug-likeness (QED) is 0.202. The van der Waals surface area contributed by atoms with Crippen LogP contribution in [0.3, 0.4) is 0 Å². The fraction of sp³-hybridized carbons (Fsp3) is 0.394. The maximum absolute atomic E-state index is 13.3. The number of unbranched alkanes of at least 4 members (excludes halogenated alkanes) is 1. The number of amides is 1. The highest BCUT2D eigenvalue weighted by molar-refractivity contribution is 8.06. The van der Waals surface area contributed by atoms with Gasteiger partial charge in [0.25, 0.3) is 5.91 Å². The van der Waals surface area contributed by atoms with Crippen LogP contribution < -0.4 is 15.4 Å². The summed E-state index contributed by atoms with van der Waals surface area (Å²) < 4.78 is 5.98. The van der Waals surface area contributed by atoms with Crippen molar-refractivity contribution in [2.75, 3.05) is 11.9 Å². The van der Waals surface area contributed by atoms with Crippen molar-refractivity contribution in [2.45, 2.75) is 79.2 Å². The molecule has 0 atom stereocenters. The number of thioether (sulfide) groups is 1. The van der Waals surface area contributed by atoms with Crippen molar-refractivity contribution in [2.24, 2.45) is 0 Å². The Labute approximate surface area is 248 Å². The molecule has 1 aliphatic heterocycles. The summed E-state index contributed by atoms with van der Waals surface area (Å²) in [6.45, 7) is 9.81. The summed E-state index contributed by atoms with van der Waals surface area (Å²) >= 11 is 1.71. The molecular formula is C33H41N5O2S. The molecule has 3 aromatic rings. The van der Waals surface area contributed by atoms with Gasteiger partial charge in [-0.3, -0.25) is 14.8 Å². The lowest BCUT2D eigenvalue weighted by atomic mass is 10.0. The van der Waals surface area contributed by atoms with E-state index < -0.39 is 0 Å². The van der Waals surface area contributed by atoms with Crippen LogP contribution in [0.2, 0.25) is 0 Å². The minimum atomic E-state index is -0.127. The van der Waals surface area contributed by atoms with E-state index in [0.29, 0.717) is 18.7 Å². The van der Waals surface area contributed by atoms with E-state index in [9.17, 15) is 4.79 Å². The van der Waals surface area contributed by atoms with Gasteiger partial charge in [-0.05, 0) is 67.3 Å². The van der Waals surface area contributed by atoms with Crippen molar-refractivity contribution in [3.63, 3.8) is 0 Å². The van der Waals surface area contributed by atoms with Crippen molar-refractivity contribution in [3.8, 4) is 16.9 Å². The van der Waals surface area contributed by atoms with E-state index in [1.165, 1.54) is 10.5 Å². The molecule has 0 bridgehead atoms. The third-order valence-corrected chi connectivity index (χ3v) is 8.24. The summed E-state index contributed by atoms with van der Waals surface area (Å²) in [5, 5.41) is 7.48. The second-order valence-corrected chi connectivity index (χ2v) is 11.3. The van der Waals surface area contributed by atoms with Gasteiger partial charge in [0, 0.05) is 47.9 Å². The zero-order valence-corrected chi connectivity index (χ0v) is 25.4. The number of carbonyl (C=O) groups excluding carboxylic acids is 1. The summed E-state index contributed by atoms with van der Waals surface area (Å²) in [6, 6.07) is 7.52. The third-order valence-electron chi connectivity index (χ3n) is 6.95. The van der Waals surface area contributed by atoms with E-state index in [-0.39, 0.29) is 5.91 Å². The van der Waals surface area contributed by atoms with Gasteiger partial charge in [0.05, 0.1) is 23.9 Å². The summed E-state index contributed by atoms with van der Waals surface area (Å²) in [7, 11) is 0. The molecule has 8 heteroatoms. The first-order valence-electron chi connectivity index (χ1n) is 14.7. The molecule has 4 rings (SSSR count). The number of carbonyl (C=O) groups is 1. The number of ether oxygens (including phenoxy) is 1. The van der Waals surface area contributed by atoms with E-state index in [2.05, 4.69) is 54.4 Å². The number of fused-ring (bicyclic) bond motifs is 1. The minimum absolute atomic E-state index is 0.127. The molecule has 0 aliphatic carbocycles. The Morgan fingerprint density at radius 3 is 2.66 bits per heavy atom. The molecule has 0 radical (unpaired) electrons. The topological polar surface area (TPSA) is 89.0 Å². The largest absolute Gasteiger partial charge is 0.492 e. The molecule has 4 heterocycles. The van der Waals surface area contributed by atoms with Crippen LogP contribution >= 0.6 is 11.8 Å². The minimum Gasteiger partial charge on any atom is -0.492 e. The highest BCUT2D eigenvalue weighted by atomic mass is 32.2. The first-order chi connectivity index (χ1) is 20.0. The summed E-state index contributed by atoms with van der Waals surface area (Å²) in [6.07, 6.45) is 16.3. The molecule has 216 valence electrons. The van der Waals surface area contributed by atoms with Crippen LogP contribution in [-0.2, 0) is 13.0 Å². The third kappa shape index (κ3) is 8.19. The highest BCUT2D eigenvalue weighted by Gasteiger charge is 2.22. The van der Waals surface area contributed by atoms with E-state index >= 15 is 0 Å². The molecule has 3 aromatic heterocycles. The molecule has 0 aromatic carbocycles. The van der Waals surface area contributed by atoms with E-state index in [1.54, 1.807) is 36.4 Å². The maximum Gasteiger partial charge on any atom is 0.256 e. The number of rotatable bonds is 14. The molecule has 0 spiro atoms. The highest BCUT2D eigenvalue weighted by Crippen LogP contribution is 2.39. The molecule has 1 aliphatic rings. The molecule has 0 saturated heterocycles. The molecule has 0 fully saturated rings. The molecular weight excluding hydrogens is 530 g/mol. The van der Waals surface area contributed by atoms with Gasteiger partial charge in [-0.1, -0.05) is 57.0 Å². The first-order valence-corrected chi connectivity index (χ1v) is 15.5. The van der Waals surface area contributed by atoms with Crippen LogP contribution in [-0.4, -0.2) is 27.5 Å². The number of nitrogens with zero attached hydrogens (tertiary/aromatic N) is 3. The van der Waals surface area contributed by atoms with Gasteiger partial charge in [-0.15, -0.1) is 0 Å². The lowest BCUT2D eigenvalue weighted by Crippen LogP contribution is -2.22. The van der Waals surface area contributed by atoms with Crippen molar-refractivity contribution >= 4 is 23.5 Å². The van der Waals surface area contributed by atoms with Crippen LogP contribution in [0.25, 0.3) is 11.1 Å². The number of nitrogens with one attached hydrogen (secondary N) is 2. The SMILES string of the molecule is CC/C=C(\NC(=O)c1ccnc(CNc2ncc(-c3ccncc3)c3c2CCO3)c1)S/C(CCCC)=C(\C)CCC. The summed E-state index contributed by atoms with van der Waals surface area (Å²) in [5.41, 5.74) is 5.82. The number of anilines is 1. The predicted octanol–water partition coefficient (Wildman–Crippen LogP) is 8.06. The standard InChI is InChI=1S/C33H41N5O2S/c1-5-8-11-29(23(4)9-6-2)41-30(10-7-3)38-33(39)25-14-18-35-26(20-25)21-36-32-27-15-19-40-31(27)28(22-37-32)24-12-16-34-17-13-24/h10,12-14,16-18,20,22H,5-9,11,15,19,21H2,1-4H3,(H,36,37)(H,38,39)/b29-23+,30-10+. The van der Waals surface area contributed by atoms with Gasteiger partial charge >= 0.3 is 0 Å². The second kappa shape index (κ2) is 15.4. The first kappa shape index (κ1) is 30.3. The lowest BCUT2D eigenvalue weighted by molar-refractivity contribution is 0.0968. The Morgan fingerprint density at radius 2 is 1.90 bits per heavy atom. The zero-order valence-electron chi connectivity index (χ0n) is 24.6. The number of hydrogen-bond acceptors (Lipinski definition) is 7. The van der Waals surface area contributed by atoms with Crippen molar-refractivity contribution in [1.29, 1.82) is 0 Å². The van der Waals surface area contributed by atoms with Crippen LogP contribution in [0.5, 0.6) is 5.75 Å². The van der Waals surface area contributed by atoms with Gasteiger partial charge in [-0.2, -0.15) is 0 Å². The van der Waals surface area contributed by atoms with Gasteiger partial charge in [0.15, 0.2) is 0 Å². The summed E-state index contributed by atoms with van der Waals surface area (Å²) in [4.78, 5) is 28.0. The number of aromatic nitrogens is 3. The molecule has 7 nitrogen and oxygen atoms in total. The van der Waals surface area contributed by atoms with Gasteiger partial charge in [0.2, 0.25) is 0 Å². The number of pyridine rings is 3. The van der Waals surface area contributed by atoms with Crippen molar-refractivity contribution in [3.05, 3.63) is 87.5 Å². The second-order valence-electron chi connectivity index (χ2n) is 10.1. The Kier molecular flexibility index (Phi) is 11.4. The maximum atomic E-state index is 13.3. The number of hydrogen-bond donors (Lipinski definition) is 2. The smallest absolute Gasteiger partial charge is 0.256 e. The monoisotopic (exact) mass is 571 g/mol. The van der Waals surface area contributed by atoms with Gasteiger partial charge < -0.3 is 15.4 Å². The molecule has 41 heavy (non-hydrogen) atoms.